The van der Waals surface area contributed by atoms with Gasteiger partial charge in [0.25, 0.3) is 11.4 Å². The number of methoxy groups -OCH3 is 2. The zero-order valence-electron chi connectivity index (χ0n) is 13.9. The number of nitro benzene ring substituents is 2. The first-order chi connectivity index (χ1) is 12.4. The number of hydrogen-bond acceptors (Lipinski definition) is 7. The number of allylic oxidation sites excluding steroid dienone is 1. The Morgan fingerprint density at radius 3 is 2.12 bits per heavy atom. The first-order valence-electron chi connectivity index (χ1n) is 7.25. The third-order valence-electron chi connectivity index (χ3n) is 3.51. The molecule has 9 nitrogen and oxygen atoms in total. The van der Waals surface area contributed by atoms with Crippen molar-refractivity contribution in [3.8, 4) is 11.5 Å². The number of non-ortho nitro benzene ring substituents is 1. The minimum atomic E-state index is -0.749. The van der Waals surface area contributed by atoms with Gasteiger partial charge >= 0.3 is 0 Å². The SMILES string of the molecule is COc1cccc(OC)c1C(=O)C=Cc1ccc([N+](=O)[O-])cc1[N+](=O)[O-]. The lowest BCUT2D eigenvalue weighted by Crippen LogP contribution is -2.02. The molecule has 0 aliphatic rings. The second-order valence-corrected chi connectivity index (χ2v) is 4.99. The molecule has 0 aromatic heterocycles. The number of benzene rings is 2. The molecule has 0 fully saturated rings. The van der Waals surface area contributed by atoms with Gasteiger partial charge in [-0.25, -0.2) is 0 Å². The first-order valence-corrected chi connectivity index (χ1v) is 7.25. The zero-order chi connectivity index (χ0) is 19.3. The van der Waals surface area contributed by atoms with Crippen molar-refractivity contribution >= 4 is 23.2 Å². The number of nitrogens with zero attached hydrogens (tertiary/aromatic N) is 2. The van der Waals surface area contributed by atoms with E-state index in [4.69, 9.17) is 9.47 Å². The van der Waals surface area contributed by atoms with E-state index in [-0.39, 0.29) is 22.6 Å². The summed E-state index contributed by atoms with van der Waals surface area (Å²) >= 11 is 0. The van der Waals surface area contributed by atoms with Gasteiger partial charge in [0.05, 0.1) is 35.7 Å². The van der Waals surface area contributed by atoms with Gasteiger partial charge in [0, 0.05) is 6.07 Å². The molecule has 0 atom stereocenters. The van der Waals surface area contributed by atoms with E-state index in [1.807, 2.05) is 0 Å². The van der Waals surface area contributed by atoms with Crippen LogP contribution in [0.2, 0.25) is 0 Å². The van der Waals surface area contributed by atoms with Gasteiger partial charge in [-0.1, -0.05) is 6.07 Å². The number of nitro groups is 2. The van der Waals surface area contributed by atoms with Crippen LogP contribution in [0.3, 0.4) is 0 Å². The van der Waals surface area contributed by atoms with Crippen molar-refractivity contribution in [2.75, 3.05) is 14.2 Å². The van der Waals surface area contributed by atoms with Crippen LogP contribution in [-0.2, 0) is 0 Å². The lowest BCUT2D eigenvalue weighted by molar-refractivity contribution is -0.394. The molecule has 0 saturated heterocycles. The molecule has 26 heavy (non-hydrogen) atoms. The van der Waals surface area contributed by atoms with Crippen LogP contribution in [0.15, 0.2) is 42.5 Å². The average Bonchev–Trinajstić information content (AvgIpc) is 2.64. The Kier molecular flexibility index (Phi) is 5.63. The van der Waals surface area contributed by atoms with Gasteiger partial charge < -0.3 is 9.47 Å². The Morgan fingerprint density at radius 2 is 1.62 bits per heavy atom. The maximum Gasteiger partial charge on any atom is 0.283 e. The standard InChI is InChI=1S/C17H14N2O7/c1-25-15-4-3-5-16(26-2)17(15)14(20)9-7-11-6-8-12(18(21)22)10-13(11)19(23)24/h3-10H,1-2H3. The van der Waals surface area contributed by atoms with Crippen molar-refractivity contribution in [3.63, 3.8) is 0 Å². The van der Waals surface area contributed by atoms with E-state index in [9.17, 15) is 25.0 Å². The summed E-state index contributed by atoms with van der Waals surface area (Å²) in [6.07, 6.45) is 2.34. The molecule has 0 spiro atoms. The highest BCUT2D eigenvalue weighted by atomic mass is 16.6. The maximum absolute atomic E-state index is 12.5. The van der Waals surface area contributed by atoms with Crippen molar-refractivity contribution in [2.24, 2.45) is 0 Å². The van der Waals surface area contributed by atoms with Crippen LogP contribution >= 0.6 is 0 Å². The Balaban J connectivity index is 2.43. The van der Waals surface area contributed by atoms with Crippen LogP contribution in [0.1, 0.15) is 15.9 Å². The largest absolute Gasteiger partial charge is 0.496 e. The van der Waals surface area contributed by atoms with Crippen LogP contribution in [-0.4, -0.2) is 29.8 Å². The molecule has 0 amide bonds. The summed E-state index contributed by atoms with van der Waals surface area (Å²) in [5, 5.41) is 21.9. The van der Waals surface area contributed by atoms with Gasteiger partial charge in [0.1, 0.15) is 17.1 Å². The van der Waals surface area contributed by atoms with E-state index >= 15 is 0 Å². The molecule has 0 radical (unpaired) electrons. The normalized spacial score (nSPS) is 10.5. The zero-order valence-corrected chi connectivity index (χ0v) is 13.9. The third kappa shape index (κ3) is 3.83. The lowest BCUT2D eigenvalue weighted by atomic mass is 10.1. The van der Waals surface area contributed by atoms with Gasteiger partial charge in [0.15, 0.2) is 5.78 Å². The summed E-state index contributed by atoms with van der Waals surface area (Å²) in [5.74, 6) is 0.0846. The van der Waals surface area contributed by atoms with Gasteiger partial charge in [-0.3, -0.25) is 25.0 Å². The molecule has 0 bridgehead atoms. The lowest BCUT2D eigenvalue weighted by Gasteiger charge is -2.10. The second-order valence-electron chi connectivity index (χ2n) is 4.99. The number of rotatable bonds is 7. The molecule has 2 aromatic rings. The molecule has 2 rings (SSSR count). The highest BCUT2D eigenvalue weighted by Crippen LogP contribution is 2.30. The van der Waals surface area contributed by atoms with Crippen LogP contribution < -0.4 is 9.47 Å². The van der Waals surface area contributed by atoms with Crippen molar-refractivity contribution in [3.05, 3.63) is 73.8 Å². The van der Waals surface area contributed by atoms with Crippen LogP contribution in [0, 0.1) is 20.2 Å². The summed E-state index contributed by atoms with van der Waals surface area (Å²) in [7, 11) is 2.80. The van der Waals surface area contributed by atoms with E-state index < -0.39 is 27.0 Å². The summed E-state index contributed by atoms with van der Waals surface area (Å²) in [5.41, 5.74) is -0.664. The predicted molar refractivity (Wildman–Crippen MR) is 92.7 cm³/mol. The summed E-state index contributed by atoms with van der Waals surface area (Å²) in [4.78, 5) is 32.9. The summed E-state index contributed by atoms with van der Waals surface area (Å²) < 4.78 is 10.3. The van der Waals surface area contributed by atoms with Crippen molar-refractivity contribution in [1.29, 1.82) is 0 Å². The molecule has 0 aliphatic heterocycles. The molecule has 9 heteroatoms. The maximum atomic E-state index is 12.5. The number of ether oxygens (including phenoxy) is 2. The first kappa shape index (κ1) is 18.6. The van der Waals surface area contributed by atoms with Crippen molar-refractivity contribution < 1.29 is 24.1 Å². The quantitative estimate of drug-likeness (QED) is 0.322. The van der Waals surface area contributed by atoms with Crippen LogP contribution in [0.5, 0.6) is 11.5 Å². The summed E-state index contributed by atoms with van der Waals surface area (Å²) in [6.45, 7) is 0. The van der Waals surface area contributed by atoms with Crippen molar-refractivity contribution in [1.82, 2.24) is 0 Å². The van der Waals surface area contributed by atoms with Gasteiger partial charge in [-0.15, -0.1) is 0 Å². The number of ketones is 1. The fraction of sp³-hybridized carbons (Fsp3) is 0.118. The minimum Gasteiger partial charge on any atom is -0.496 e. The Hall–Kier alpha value is -3.75. The van der Waals surface area contributed by atoms with E-state index in [0.717, 1.165) is 18.2 Å². The van der Waals surface area contributed by atoms with Gasteiger partial charge in [-0.05, 0) is 30.4 Å². The molecular weight excluding hydrogens is 344 g/mol. The molecular formula is C17H14N2O7. The van der Waals surface area contributed by atoms with Crippen LogP contribution in [0.4, 0.5) is 11.4 Å². The van der Waals surface area contributed by atoms with E-state index in [1.165, 1.54) is 26.4 Å². The number of carbonyl (C=O) groups is 1. The third-order valence-corrected chi connectivity index (χ3v) is 3.51. The van der Waals surface area contributed by atoms with Crippen molar-refractivity contribution in [2.45, 2.75) is 0 Å². The fourth-order valence-corrected chi connectivity index (χ4v) is 2.29. The van der Waals surface area contributed by atoms with Crippen LogP contribution in [0.25, 0.3) is 6.08 Å². The highest BCUT2D eigenvalue weighted by Gasteiger charge is 2.19. The molecule has 2 aromatic carbocycles. The topological polar surface area (TPSA) is 122 Å². The molecule has 0 heterocycles. The molecule has 0 aliphatic carbocycles. The average molecular weight is 358 g/mol. The Labute approximate surface area is 147 Å². The summed E-state index contributed by atoms with van der Waals surface area (Å²) in [6, 6.07) is 7.99. The van der Waals surface area contributed by atoms with Gasteiger partial charge in [-0.2, -0.15) is 0 Å². The second kappa shape index (κ2) is 7.88. The molecule has 0 saturated carbocycles. The minimum absolute atomic E-state index is 0.0582. The Morgan fingerprint density at radius 1 is 1.00 bits per heavy atom. The predicted octanol–water partition coefficient (Wildman–Crippen LogP) is 3.42. The Bertz CT molecular complexity index is 884. The van der Waals surface area contributed by atoms with E-state index in [1.54, 1.807) is 18.2 Å². The van der Waals surface area contributed by atoms with E-state index in [2.05, 4.69) is 0 Å². The fourth-order valence-electron chi connectivity index (χ4n) is 2.29. The van der Waals surface area contributed by atoms with E-state index in [0.29, 0.717) is 0 Å². The highest BCUT2D eigenvalue weighted by molar-refractivity contribution is 6.10. The van der Waals surface area contributed by atoms with Gasteiger partial charge in [0.2, 0.25) is 0 Å². The number of hydrogen-bond donors (Lipinski definition) is 0. The molecule has 0 N–H and O–H groups in total. The smallest absolute Gasteiger partial charge is 0.283 e. The monoisotopic (exact) mass is 358 g/mol. The molecule has 0 unspecified atom stereocenters. The number of carbonyl (C=O) groups excluding carboxylic acids is 1. The molecule has 134 valence electrons.